The average Bonchev–Trinajstić information content (AvgIpc) is 2.69. The molecule has 3 aromatic rings. The summed E-state index contributed by atoms with van der Waals surface area (Å²) < 4.78 is 26.5. The summed E-state index contributed by atoms with van der Waals surface area (Å²) in [5.41, 5.74) is 2.04. The Balaban J connectivity index is 1.53. The minimum Gasteiger partial charge on any atom is -0.348 e. The monoisotopic (exact) mass is 380 g/mol. The third-order valence-electron chi connectivity index (χ3n) is 4.11. The third-order valence-corrected chi connectivity index (χ3v) is 4.11. The fraction of sp³-hybridized carbons (Fsp3) is 0.0909. The Kier molecular flexibility index (Phi) is 6.11. The van der Waals surface area contributed by atoms with E-state index in [0.29, 0.717) is 22.4 Å². The number of hydrogen-bond donors (Lipinski definition) is 2. The highest BCUT2D eigenvalue weighted by Gasteiger charge is 2.09. The summed E-state index contributed by atoms with van der Waals surface area (Å²) in [5, 5.41) is 5.38. The van der Waals surface area contributed by atoms with Crippen molar-refractivity contribution in [2.75, 3.05) is 5.32 Å². The number of carbonyl (C=O) groups excluding carboxylic acids is 2. The van der Waals surface area contributed by atoms with Crippen LogP contribution in [-0.2, 0) is 17.8 Å². The van der Waals surface area contributed by atoms with Crippen molar-refractivity contribution in [2.45, 2.75) is 13.0 Å². The van der Waals surface area contributed by atoms with Crippen LogP contribution in [0.15, 0.2) is 72.8 Å². The Morgan fingerprint density at radius 3 is 2.18 bits per heavy atom. The molecule has 2 N–H and O–H groups in total. The summed E-state index contributed by atoms with van der Waals surface area (Å²) in [4.78, 5) is 24.2. The van der Waals surface area contributed by atoms with Crippen molar-refractivity contribution < 1.29 is 18.4 Å². The van der Waals surface area contributed by atoms with Gasteiger partial charge in [0.1, 0.15) is 11.6 Å². The van der Waals surface area contributed by atoms with Crippen LogP contribution in [0, 0.1) is 11.6 Å². The van der Waals surface area contributed by atoms with Crippen molar-refractivity contribution in [3.05, 3.63) is 101 Å². The first-order chi connectivity index (χ1) is 13.5. The normalized spacial score (nSPS) is 10.4. The summed E-state index contributed by atoms with van der Waals surface area (Å²) in [7, 11) is 0. The fourth-order valence-electron chi connectivity index (χ4n) is 2.62. The lowest BCUT2D eigenvalue weighted by atomic mass is 10.1. The molecule has 0 aliphatic carbocycles. The molecule has 3 rings (SSSR count). The van der Waals surface area contributed by atoms with E-state index in [9.17, 15) is 18.4 Å². The molecule has 0 unspecified atom stereocenters. The number of hydrogen-bond acceptors (Lipinski definition) is 2. The molecule has 2 amide bonds. The SMILES string of the molecule is O=C(Cc1ccc(F)cc1)Nc1ccc(C(=O)NCc2ccccc2F)cc1. The van der Waals surface area contributed by atoms with Gasteiger partial charge in [0.2, 0.25) is 5.91 Å². The highest BCUT2D eigenvalue weighted by atomic mass is 19.1. The van der Waals surface area contributed by atoms with Crippen LogP contribution in [0.3, 0.4) is 0 Å². The third kappa shape index (κ3) is 5.23. The van der Waals surface area contributed by atoms with Crippen molar-refractivity contribution in [3.63, 3.8) is 0 Å². The van der Waals surface area contributed by atoms with E-state index in [1.807, 2.05) is 0 Å². The minimum atomic E-state index is -0.373. The van der Waals surface area contributed by atoms with Gasteiger partial charge in [-0.05, 0) is 48.0 Å². The van der Waals surface area contributed by atoms with Crippen LogP contribution < -0.4 is 10.6 Å². The van der Waals surface area contributed by atoms with Gasteiger partial charge < -0.3 is 10.6 Å². The van der Waals surface area contributed by atoms with Crippen LogP contribution in [0.25, 0.3) is 0 Å². The second-order valence-corrected chi connectivity index (χ2v) is 6.20. The Morgan fingerprint density at radius 1 is 0.821 bits per heavy atom. The van der Waals surface area contributed by atoms with Crippen molar-refractivity contribution in [1.82, 2.24) is 5.32 Å². The second kappa shape index (κ2) is 8.90. The summed E-state index contributed by atoms with van der Waals surface area (Å²) in [6, 6.07) is 18.3. The molecule has 6 heteroatoms. The maximum atomic E-state index is 13.6. The summed E-state index contributed by atoms with van der Waals surface area (Å²) in [5.74, 6) is -1.31. The molecule has 0 aliphatic rings. The molecule has 28 heavy (non-hydrogen) atoms. The van der Waals surface area contributed by atoms with E-state index in [-0.39, 0.29) is 36.4 Å². The predicted molar refractivity (Wildman–Crippen MR) is 103 cm³/mol. The van der Waals surface area contributed by atoms with Crippen LogP contribution in [0.4, 0.5) is 14.5 Å². The van der Waals surface area contributed by atoms with Crippen LogP contribution in [0.2, 0.25) is 0 Å². The number of amides is 2. The van der Waals surface area contributed by atoms with Crippen LogP contribution in [-0.4, -0.2) is 11.8 Å². The molecule has 0 heterocycles. The van der Waals surface area contributed by atoms with Gasteiger partial charge >= 0.3 is 0 Å². The van der Waals surface area contributed by atoms with Crippen molar-refractivity contribution in [2.24, 2.45) is 0 Å². The van der Waals surface area contributed by atoms with Gasteiger partial charge in [-0.1, -0.05) is 30.3 Å². The molecule has 0 saturated heterocycles. The lowest BCUT2D eigenvalue weighted by Gasteiger charge is -2.08. The fourth-order valence-corrected chi connectivity index (χ4v) is 2.62. The van der Waals surface area contributed by atoms with E-state index < -0.39 is 0 Å². The van der Waals surface area contributed by atoms with Crippen LogP contribution in [0.5, 0.6) is 0 Å². The van der Waals surface area contributed by atoms with E-state index in [1.54, 1.807) is 54.6 Å². The Morgan fingerprint density at radius 2 is 1.50 bits per heavy atom. The molecular formula is C22H18F2N2O2. The highest BCUT2D eigenvalue weighted by molar-refractivity contribution is 5.96. The summed E-state index contributed by atoms with van der Waals surface area (Å²) in [6.45, 7) is 0.0850. The standard InChI is InChI=1S/C22H18F2N2O2/c23-18-9-5-15(6-10-18)13-21(27)26-19-11-7-16(8-12-19)22(28)25-14-17-3-1-2-4-20(17)24/h1-12H,13-14H2,(H,25,28)(H,26,27). The quantitative estimate of drug-likeness (QED) is 0.677. The van der Waals surface area contributed by atoms with Crippen LogP contribution in [0.1, 0.15) is 21.5 Å². The topological polar surface area (TPSA) is 58.2 Å². The summed E-state index contributed by atoms with van der Waals surface area (Å²) in [6.07, 6.45) is 0.116. The highest BCUT2D eigenvalue weighted by Crippen LogP contribution is 2.12. The molecule has 142 valence electrons. The lowest BCUT2D eigenvalue weighted by Crippen LogP contribution is -2.23. The van der Waals surface area contributed by atoms with Gasteiger partial charge in [0, 0.05) is 23.4 Å². The maximum Gasteiger partial charge on any atom is 0.251 e. The molecule has 4 nitrogen and oxygen atoms in total. The maximum absolute atomic E-state index is 13.6. The smallest absolute Gasteiger partial charge is 0.251 e. The molecule has 0 atom stereocenters. The van der Waals surface area contributed by atoms with Gasteiger partial charge in [-0.2, -0.15) is 0 Å². The summed E-state index contributed by atoms with van der Waals surface area (Å²) >= 11 is 0. The molecular weight excluding hydrogens is 362 g/mol. The number of anilines is 1. The molecule has 0 bridgehead atoms. The van der Waals surface area contributed by atoms with Gasteiger partial charge in [-0.3, -0.25) is 9.59 Å². The average molecular weight is 380 g/mol. The van der Waals surface area contributed by atoms with E-state index in [4.69, 9.17) is 0 Å². The van der Waals surface area contributed by atoms with E-state index in [1.165, 1.54) is 18.2 Å². The molecule has 0 aromatic heterocycles. The van der Waals surface area contributed by atoms with Crippen molar-refractivity contribution in [3.8, 4) is 0 Å². The molecule has 0 radical (unpaired) electrons. The molecule has 0 fully saturated rings. The first-order valence-corrected chi connectivity index (χ1v) is 8.67. The largest absolute Gasteiger partial charge is 0.348 e. The van der Waals surface area contributed by atoms with E-state index in [0.717, 1.165) is 0 Å². The van der Waals surface area contributed by atoms with Crippen molar-refractivity contribution in [1.29, 1.82) is 0 Å². The van der Waals surface area contributed by atoms with Gasteiger partial charge in [-0.25, -0.2) is 8.78 Å². The lowest BCUT2D eigenvalue weighted by molar-refractivity contribution is -0.115. The number of rotatable bonds is 6. The zero-order chi connectivity index (χ0) is 19.9. The minimum absolute atomic E-state index is 0.0850. The molecule has 0 aliphatic heterocycles. The number of benzene rings is 3. The molecule has 0 saturated carbocycles. The number of nitrogens with one attached hydrogen (secondary N) is 2. The van der Waals surface area contributed by atoms with E-state index >= 15 is 0 Å². The number of carbonyl (C=O) groups is 2. The first kappa shape index (κ1) is 19.2. The van der Waals surface area contributed by atoms with Gasteiger partial charge in [-0.15, -0.1) is 0 Å². The van der Waals surface area contributed by atoms with Gasteiger partial charge in [0.05, 0.1) is 6.42 Å². The zero-order valence-electron chi connectivity index (χ0n) is 14.9. The second-order valence-electron chi connectivity index (χ2n) is 6.20. The number of halogens is 2. The first-order valence-electron chi connectivity index (χ1n) is 8.67. The predicted octanol–water partition coefficient (Wildman–Crippen LogP) is 4.08. The van der Waals surface area contributed by atoms with E-state index in [2.05, 4.69) is 10.6 Å². The van der Waals surface area contributed by atoms with Gasteiger partial charge in [0.15, 0.2) is 0 Å². The Labute approximate surface area is 161 Å². The molecule has 0 spiro atoms. The Bertz CT molecular complexity index is 971. The van der Waals surface area contributed by atoms with Crippen molar-refractivity contribution >= 4 is 17.5 Å². The molecule has 3 aromatic carbocycles. The zero-order valence-corrected chi connectivity index (χ0v) is 14.9. The Hall–Kier alpha value is -3.54. The van der Waals surface area contributed by atoms with Gasteiger partial charge in [0.25, 0.3) is 5.91 Å². The van der Waals surface area contributed by atoms with Crippen LogP contribution >= 0.6 is 0 Å².